The Hall–Kier alpha value is -0.120. The summed E-state index contributed by atoms with van der Waals surface area (Å²) in [5.41, 5.74) is 0. The second-order valence-electron chi connectivity index (χ2n) is 5.65. The molecular weight excluding hydrogens is 200 g/mol. The van der Waals surface area contributed by atoms with Gasteiger partial charge in [-0.05, 0) is 31.7 Å². The molecule has 0 aromatic heterocycles. The fraction of sp³-hybridized carbons (Fsp3) is 1.00. The van der Waals surface area contributed by atoms with Gasteiger partial charge in [-0.3, -0.25) is 4.90 Å². The highest BCUT2D eigenvalue weighted by Crippen LogP contribution is 2.18. The Bertz CT molecular complexity index is 202. The van der Waals surface area contributed by atoms with E-state index in [9.17, 15) is 0 Å². The quantitative estimate of drug-likeness (QED) is 0.768. The Balaban J connectivity index is 1.70. The van der Waals surface area contributed by atoms with E-state index in [0.29, 0.717) is 6.04 Å². The number of rotatable bonds is 5. The van der Waals surface area contributed by atoms with Crippen molar-refractivity contribution in [2.24, 2.45) is 5.92 Å². The van der Waals surface area contributed by atoms with Gasteiger partial charge in [0.25, 0.3) is 0 Å². The summed E-state index contributed by atoms with van der Waals surface area (Å²) < 4.78 is 5.39. The molecule has 2 heterocycles. The number of hydrogen-bond donors (Lipinski definition) is 1. The van der Waals surface area contributed by atoms with Crippen LogP contribution in [0, 0.1) is 5.92 Å². The molecule has 3 heteroatoms. The third kappa shape index (κ3) is 3.44. The van der Waals surface area contributed by atoms with Gasteiger partial charge in [0.1, 0.15) is 0 Å². The molecule has 0 amide bonds. The van der Waals surface area contributed by atoms with Crippen LogP contribution in [0.2, 0.25) is 0 Å². The van der Waals surface area contributed by atoms with Gasteiger partial charge in [-0.25, -0.2) is 0 Å². The van der Waals surface area contributed by atoms with Crippen molar-refractivity contribution < 1.29 is 4.74 Å². The Morgan fingerprint density at radius 3 is 2.94 bits per heavy atom. The van der Waals surface area contributed by atoms with E-state index >= 15 is 0 Å². The van der Waals surface area contributed by atoms with Crippen LogP contribution < -0.4 is 5.32 Å². The summed E-state index contributed by atoms with van der Waals surface area (Å²) in [5, 5.41) is 3.66. The maximum absolute atomic E-state index is 5.39. The molecule has 0 spiro atoms. The van der Waals surface area contributed by atoms with Crippen LogP contribution in [-0.2, 0) is 4.74 Å². The molecule has 1 N–H and O–H groups in total. The van der Waals surface area contributed by atoms with Gasteiger partial charge in [-0.15, -0.1) is 0 Å². The van der Waals surface area contributed by atoms with Crippen LogP contribution in [0.5, 0.6) is 0 Å². The zero-order chi connectivity index (χ0) is 11.4. The molecule has 2 fully saturated rings. The van der Waals surface area contributed by atoms with Crippen molar-refractivity contribution in [2.45, 2.75) is 45.2 Å². The van der Waals surface area contributed by atoms with E-state index < -0.39 is 0 Å². The van der Waals surface area contributed by atoms with E-state index in [1.165, 1.54) is 32.4 Å². The van der Waals surface area contributed by atoms with Gasteiger partial charge in [-0.2, -0.15) is 0 Å². The lowest BCUT2D eigenvalue weighted by Crippen LogP contribution is -2.43. The van der Waals surface area contributed by atoms with Crippen molar-refractivity contribution in [1.29, 1.82) is 0 Å². The standard InChI is InChI=1S/C13H26N2O/c1-11(2)9-15-6-3-4-13(15)8-14-12-5-7-16-10-12/h11-14H,3-10H2,1-2H3/t12?,13-/m1/s1. The molecule has 94 valence electrons. The zero-order valence-electron chi connectivity index (χ0n) is 10.7. The molecule has 3 nitrogen and oxygen atoms in total. The highest BCUT2D eigenvalue weighted by molar-refractivity contribution is 4.83. The summed E-state index contributed by atoms with van der Waals surface area (Å²) in [4.78, 5) is 2.66. The van der Waals surface area contributed by atoms with Crippen LogP contribution >= 0.6 is 0 Å². The van der Waals surface area contributed by atoms with Gasteiger partial charge in [0.05, 0.1) is 6.61 Å². The summed E-state index contributed by atoms with van der Waals surface area (Å²) in [6.45, 7) is 10.2. The van der Waals surface area contributed by atoms with Crippen molar-refractivity contribution >= 4 is 0 Å². The molecule has 0 saturated carbocycles. The Morgan fingerprint density at radius 2 is 2.25 bits per heavy atom. The van der Waals surface area contributed by atoms with Crippen LogP contribution in [0.4, 0.5) is 0 Å². The molecule has 0 aromatic carbocycles. The Labute approximate surface area is 99.5 Å². The van der Waals surface area contributed by atoms with Gasteiger partial charge in [-0.1, -0.05) is 13.8 Å². The van der Waals surface area contributed by atoms with Crippen molar-refractivity contribution in [3.63, 3.8) is 0 Å². The van der Waals surface area contributed by atoms with E-state index in [2.05, 4.69) is 24.1 Å². The average Bonchev–Trinajstić information content (AvgIpc) is 2.84. The van der Waals surface area contributed by atoms with E-state index in [1.807, 2.05) is 0 Å². The van der Waals surface area contributed by atoms with E-state index in [0.717, 1.165) is 31.7 Å². The molecule has 0 aliphatic carbocycles. The minimum Gasteiger partial charge on any atom is -0.380 e. The summed E-state index contributed by atoms with van der Waals surface area (Å²) in [7, 11) is 0. The van der Waals surface area contributed by atoms with Gasteiger partial charge in [0, 0.05) is 31.8 Å². The highest BCUT2D eigenvalue weighted by Gasteiger charge is 2.25. The maximum Gasteiger partial charge on any atom is 0.0620 e. The molecule has 2 rings (SSSR count). The smallest absolute Gasteiger partial charge is 0.0620 e. The number of hydrogen-bond acceptors (Lipinski definition) is 3. The molecule has 2 aliphatic heterocycles. The molecular formula is C13H26N2O. The summed E-state index contributed by atoms with van der Waals surface area (Å²) in [6.07, 6.45) is 3.93. The second-order valence-corrected chi connectivity index (χ2v) is 5.65. The first-order valence-electron chi connectivity index (χ1n) is 6.81. The first-order chi connectivity index (χ1) is 7.75. The summed E-state index contributed by atoms with van der Waals surface area (Å²) in [5.74, 6) is 0.787. The first-order valence-corrected chi connectivity index (χ1v) is 6.81. The third-order valence-electron chi connectivity index (χ3n) is 3.67. The first kappa shape index (κ1) is 12.3. The van der Waals surface area contributed by atoms with Crippen LogP contribution in [0.1, 0.15) is 33.1 Å². The van der Waals surface area contributed by atoms with Crippen LogP contribution in [0.3, 0.4) is 0 Å². The monoisotopic (exact) mass is 226 g/mol. The van der Waals surface area contributed by atoms with Crippen molar-refractivity contribution in [1.82, 2.24) is 10.2 Å². The van der Waals surface area contributed by atoms with Crippen molar-refractivity contribution in [2.75, 3.05) is 32.8 Å². The Kier molecular flexibility index (Phi) is 4.62. The van der Waals surface area contributed by atoms with E-state index in [4.69, 9.17) is 4.74 Å². The maximum atomic E-state index is 5.39. The number of nitrogens with one attached hydrogen (secondary N) is 1. The minimum atomic E-state index is 0.612. The van der Waals surface area contributed by atoms with E-state index in [-0.39, 0.29) is 0 Å². The zero-order valence-corrected chi connectivity index (χ0v) is 10.7. The van der Waals surface area contributed by atoms with Crippen LogP contribution in [-0.4, -0.2) is 49.8 Å². The molecule has 1 unspecified atom stereocenters. The van der Waals surface area contributed by atoms with Crippen LogP contribution in [0.15, 0.2) is 0 Å². The second kappa shape index (κ2) is 5.99. The average molecular weight is 226 g/mol. The molecule has 2 saturated heterocycles. The molecule has 0 bridgehead atoms. The number of ether oxygens (including phenoxy) is 1. The molecule has 0 aromatic rings. The predicted octanol–water partition coefficient (Wildman–Crippen LogP) is 1.49. The van der Waals surface area contributed by atoms with Crippen LogP contribution in [0.25, 0.3) is 0 Å². The normalized spacial score (nSPS) is 31.7. The van der Waals surface area contributed by atoms with Crippen molar-refractivity contribution in [3.8, 4) is 0 Å². The molecule has 16 heavy (non-hydrogen) atoms. The van der Waals surface area contributed by atoms with Gasteiger partial charge >= 0.3 is 0 Å². The third-order valence-corrected chi connectivity index (χ3v) is 3.67. The fourth-order valence-electron chi connectivity index (χ4n) is 2.83. The topological polar surface area (TPSA) is 24.5 Å². The summed E-state index contributed by atoms with van der Waals surface area (Å²) >= 11 is 0. The largest absolute Gasteiger partial charge is 0.380 e. The lowest BCUT2D eigenvalue weighted by atomic mass is 10.1. The number of likely N-dealkylation sites (tertiary alicyclic amines) is 1. The summed E-state index contributed by atoms with van der Waals surface area (Å²) in [6, 6.07) is 1.38. The minimum absolute atomic E-state index is 0.612. The van der Waals surface area contributed by atoms with Gasteiger partial charge in [0.2, 0.25) is 0 Å². The highest BCUT2D eigenvalue weighted by atomic mass is 16.5. The molecule has 0 radical (unpaired) electrons. The predicted molar refractivity (Wildman–Crippen MR) is 66.7 cm³/mol. The van der Waals surface area contributed by atoms with E-state index in [1.54, 1.807) is 0 Å². The Morgan fingerprint density at radius 1 is 1.38 bits per heavy atom. The lowest BCUT2D eigenvalue weighted by Gasteiger charge is -2.27. The molecule has 2 aliphatic rings. The van der Waals surface area contributed by atoms with Gasteiger partial charge < -0.3 is 10.1 Å². The van der Waals surface area contributed by atoms with Crippen molar-refractivity contribution in [3.05, 3.63) is 0 Å². The SMILES string of the molecule is CC(C)CN1CCC[C@@H]1CNC1CCOC1. The molecule has 2 atom stereocenters. The fourth-order valence-corrected chi connectivity index (χ4v) is 2.83. The van der Waals surface area contributed by atoms with Gasteiger partial charge in [0.15, 0.2) is 0 Å². The lowest BCUT2D eigenvalue weighted by molar-refractivity contribution is 0.184. The number of nitrogens with zero attached hydrogens (tertiary/aromatic N) is 1.